The molecule has 0 fully saturated rings. The van der Waals surface area contributed by atoms with Gasteiger partial charge in [-0.2, -0.15) is 0 Å². The zero-order valence-corrected chi connectivity index (χ0v) is 6.88. The number of hydrogen-bond donors (Lipinski definition) is 0. The fourth-order valence-electron chi connectivity index (χ4n) is 1.99. The third-order valence-electron chi connectivity index (χ3n) is 2.78. The quantitative estimate of drug-likeness (QED) is 0.547. The summed E-state index contributed by atoms with van der Waals surface area (Å²) in [6.07, 6.45) is 2.55. The molecule has 0 spiro atoms. The summed E-state index contributed by atoms with van der Waals surface area (Å²) in [5.74, 6) is 0. The van der Waals surface area contributed by atoms with E-state index in [1.807, 2.05) is 0 Å². The van der Waals surface area contributed by atoms with Crippen molar-refractivity contribution in [2.24, 2.45) is 0 Å². The predicted molar refractivity (Wildman–Crippen MR) is 51.4 cm³/mol. The highest BCUT2D eigenvalue weighted by molar-refractivity contribution is 5.87. The van der Waals surface area contributed by atoms with Crippen LogP contribution in [0.5, 0.6) is 0 Å². The summed E-state index contributed by atoms with van der Waals surface area (Å²) in [6, 6.07) is 13.1. The minimum atomic E-state index is 1.27. The van der Waals surface area contributed by atoms with Crippen molar-refractivity contribution in [2.75, 3.05) is 0 Å². The second-order valence-electron chi connectivity index (χ2n) is 3.42. The number of fused-ring (bicyclic) bond motifs is 3. The second kappa shape index (κ2) is 2.10. The fourth-order valence-corrected chi connectivity index (χ4v) is 1.99. The monoisotopic (exact) mass is 154 g/mol. The van der Waals surface area contributed by atoms with Crippen LogP contribution in [0.4, 0.5) is 0 Å². The van der Waals surface area contributed by atoms with Gasteiger partial charge >= 0.3 is 0 Å². The van der Waals surface area contributed by atoms with E-state index >= 15 is 0 Å². The topological polar surface area (TPSA) is 0 Å². The average molecular weight is 154 g/mol. The van der Waals surface area contributed by atoms with E-state index in [1.165, 1.54) is 23.6 Å². The molecule has 58 valence electrons. The molecule has 0 nitrogen and oxygen atoms in total. The van der Waals surface area contributed by atoms with Gasteiger partial charge in [-0.05, 0) is 34.7 Å². The van der Waals surface area contributed by atoms with E-state index in [2.05, 4.69) is 36.4 Å². The Morgan fingerprint density at radius 2 is 1.75 bits per heavy atom. The molecule has 2 aromatic rings. The zero-order chi connectivity index (χ0) is 7.97. The maximum absolute atomic E-state index is 2.27. The van der Waals surface area contributed by atoms with Crippen LogP contribution in [-0.4, -0.2) is 0 Å². The molecular weight excluding hydrogens is 144 g/mol. The minimum absolute atomic E-state index is 1.27. The molecule has 3 rings (SSSR count). The molecular formula is C12H10. The van der Waals surface area contributed by atoms with Crippen LogP contribution in [0.3, 0.4) is 0 Å². The third kappa shape index (κ3) is 0.672. The average Bonchev–Trinajstić information content (AvgIpc) is 2.05. The van der Waals surface area contributed by atoms with Crippen LogP contribution in [0.1, 0.15) is 11.1 Å². The van der Waals surface area contributed by atoms with Gasteiger partial charge in [0, 0.05) is 0 Å². The third-order valence-corrected chi connectivity index (χ3v) is 2.78. The van der Waals surface area contributed by atoms with Crippen LogP contribution in [-0.2, 0) is 12.8 Å². The van der Waals surface area contributed by atoms with E-state index in [-0.39, 0.29) is 0 Å². The maximum atomic E-state index is 2.27. The number of hydrogen-bond acceptors (Lipinski definition) is 0. The minimum Gasteiger partial charge on any atom is -0.0616 e. The van der Waals surface area contributed by atoms with Gasteiger partial charge < -0.3 is 0 Å². The lowest BCUT2D eigenvalue weighted by molar-refractivity contribution is 0.852. The summed E-state index contributed by atoms with van der Waals surface area (Å²) in [5, 5.41) is 2.84. The molecule has 1 aliphatic rings. The Bertz CT molecular complexity index is 441. The zero-order valence-electron chi connectivity index (χ0n) is 6.88. The van der Waals surface area contributed by atoms with Gasteiger partial charge in [0.2, 0.25) is 0 Å². The Hall–Kier alpha value is -1.30. The Balaban J connectivity index is 2.49. The molecule has 0 aromatic heterocycles. The van der Waals surface area contributed by atoms with Gasteiger partial charge in [-0.25, -0.2) is 0 Å². The lowest BCUT2D eigenvalue weighted by Crippen LogP contribution is -2.07. The summed E-state index contributed by atoms with van der Waals surface area (Å²) in [6.45, 7) is 0. The van der Waals surface area contributed by atoms with Gasteiger partial charge in [-0.3, -0.25) is 0 Å². The van der Waals surface area contributed by atoms with E-state index in [9.17, 15) is 0 Å². The molecule has 0 heteroatoms. The summed E-state index contributed by atoms with van der Waals surface area (Å²) in [4.78, 5) is 0. The summed E-state index contributed by atoms with van der Waals surface area (Å²) in [7, 11) is 0. The molecule has 0 bridgehead atoms. The Morgan fingerprint density at radius 3 is 2.58 bits per heavy atom. The Morgan fingerprint density at radius 1 is 0.833 bits per heavy atom. The molecule has 0 atom stereocenters. The number of rotatable bonds is 0. The SMILES string of the molecule is c1ccc2c3c(ccc2c1)CC3. The van der Waals surface area contributed by atoms with Gasteiger partial charge in [0.1, 0.15) is 0 Å². The Kier molecular flexibility index (Phi) is 1.09. The molecule has 0 unspecified atom stereocenters. The summed E-state index contributed by atoms with van der Waals surface area (Å²) >= 11 is 0. The number of benzene rings is 2. The Labute approximate surface area is 71.8 Å². The normalized spacial score (nSPS) is 14.0. The van der Waals surface area contributed by atoms with Gasteiger partial charge in [0.15, 0.2) is 0 Å². The van der Waals surface area contributed by atoms with Crippen LogP contribution in [0.15, 0.2) is 36.4 Å². The molecule has 0 heterocycles. The van der Waals surface area contributed by atoms with E-state index < -0.39 is 0 Å². The van der Waals surface area contributed by atoms with Crippen molar-refractivity contribution in [2.45, 2.75) is 12.8 Å². The van der Waals surface area contributed by atoms with E-state index in [4.69, 9.17) is 0 Å². The standard InChI is InChI=1S/C12H10/c1-2-4-11-9(3-1)5-6-10-7-8-12(10)11/h1-6H,7-8H2. The van der Waals surface area contributed by atoms with Crippen molar-refractivity contribution in [3.8, 4) is 0 Å². The van der Waals surface area contributed by atoms with Crippen molar-refractivity contribution >= 4 is 10.8 Å². The van der Waals surface area contributed by atoms with Crippen LogP contribution in [0, 0.1) is 0 Å². The first-order valence-corrected chi connectivity index (χ1v) is 4.45. The van der Waals surface area contributed by atoms with Crippen LogP contribution >= 0.6 is 0 Å². The van der Waals surface area contributed by atoms with Crippen molar-refractivity contribution in [1.29, 1.82) is 0 Å². The number of aryl methyl sites for hydroxylation is 2. The lowest BCUT2D eigenvalue weighted by Gasteiger charge is -2.20. The summed E-state index contributed by atoms with van der Waals surface area (Å²) in [5.41, 5.74) is 3.13. The van der Waals surface area contributed by atoms with Crippen molar-refractivity contribution in [1.82, 2.24) is 0 Å². The summed E-state index contributed by atoms with van der Waals surface area (Å²) < 4.78 is 0. The first kappa shape index (κ1) is 6.24. The molecule has 0 amide bonds. The van der Waals surface area contributed by atoms with Crippen molar-refractivity contribution in [3.05, 3.63) is 47.5 Å². The van der Waals surface area contributed by atoms with Gasteiger partial charge in [0.25, 0.3) is 0 Å². The van der Waals surface area contributed by atoms with Gasteiger partial charge in [-0.15, -0.1) is 0 Å². The molecule has 0 radical (unpaired) electrons. The molecule has 0 aliphatic heterocycles. The van der Waals surface area contributed by atoms with Crippen molar-refractivity contribution in [3.63, 3.8) is 0 Å². The second-order valence-corrected chi connectivity index (χ2v) is 3.42. The van der Waals surface area contributed by atoms with Crippen LogP contribution in [0.2, 0.25) is 0 Å². The smallest absolute Gasteiger partial charge is 0.0149 e. The first-order chi connectivity index (χ1) is 5.95. The highest BCUT2D eigenvalue weighted by Gasteiger charge is 2.14. The van der Waals surface area contributed by atoms with Gasteiger partial charge in [0.05, 0.1) is 0 Å². The van der Waals surface area contributed by atoms with E-state index in [1.54, 1.807) is 11.1 Å². The highest BCUT2D eigenvalue weighted by Crippen LogP contribution is 2.30. The lowest BCUT2D eigenvalue weighted by atomic mass is 9.84. The van der Waals surface area contributed by atoms with E-state index in [0.717, 1.165) is 0 Å². The van der Waals surface area contributed by atoms with Crippen LogP contribution < -0.4 is 0 Å². The first-order valence-electron chi connectivity index (χ1n) is 4.45. The molecule has 0 N–H and O–H groups in total. The molecule has 0 saturated carbocycles. The molecule has 1 aliphatic carbocycles. The highest BCUT2D eigenvalue weighted by atomic mass is 14.2. The van der Waals surface area contributed by atoms with Gasteiger partial charge in [-0.1, -0.05) is 36.4 Å². The maximum Gasteiger partial charge on any atom is -0.0149 e. The molecule has 2 aromatic carbocycles. The van der Waals surface area contributed by atoms with Crippen LogP contribution in [0.25, 0.3) is 10.8 Å². The van der Waals surface area contributed by atoms with E-state index in [0.29, 0.717) is 0 Å². The fraction of sp³-hybridized carbons (Fsp3) is 0.167. The largest absolute Gasteiger partial charge is 0.0616 e. The predicted octanol–water partition coefficient (Wildman–Crippen LogP) is 2.94. The van der Waals surface area contributed by atoms with Crippen molar-refractivity contribution < 1.29 is 0 Å². The molecule has 0 saturated heterocycles. The molecule has 12 heavy (non-hydrogen) atoms.